The Kier molecular flexibility index (Phi) is 4.58. The number of amides is 1. The lowest BCUT2D eigenvalue weighted by Gasteiger charge is -2.11. The number of hydrogen-bond acceptors (Lipinski definition) is 3. The minimum atomic E-state index is -0.0655. The number of fused-ring (bicyclic) bond motifs is 2. The Morgan fingerprint density at radius 2 is 1.76 bits per heavy atom. The van der Waals surface area contributed by atoms with Crippen LogP contribution < -0.4 is 5.32 Å². The van der Waals surface area contributed by atoms with Crippen molar-refractivity contribution in [2.45, 2.75) is 13.1 Å². The Bertz CT molecular complexity index is 1300. The third kappa shape index (κ3) is 3.52. The molecule has 0 unspecified atom stereocenters. The summed E-state index contributed by atoms with van der Waals surface area (Å²) in [5, 5.41) is 7.37. The van der Waals surface area contributed by atoms with Crippen LogP contribution in [0.3, 0.4) is 0 Å². The molecule has 0 aliphatic heterocycles. The molecule has 1 N–H and O–H groups in total. The zero-order chi connectivity index (χ0) is 19.6. The van der Waals surface area contributed by atoms with Gasteiger partial charge in [-0.05, 0) is 46.0 Å². The Morgan fingerprint density at radius 1 is 0.931 bits per heavy atom. The van der Waals surface area contributed by atoms with E-state index in [0.717, 1.165) is 16.9 Å². The number of hydrogen-bond donors (Lipinski definition) is 1. The number of para-hydroxylation sites is 2. The lowest BCUT2D eigenvalue weighted by molar-refractivity contribution is 0.0953. The first-order chi connectivity index (χ1) is 14.3. The van der Waals surface area contributed by atoms with Gasteiger partial charge in [0.1, 0.15) is 5.82 Å². The second-order valence-electron chi connectivity index (χ2n) is 6.94. The molecule has 0 bridgehead atoms. The first-order valence-electron chi connectivity index (χ1n) is 9.51. The smallest absolute Gasteiger partial charge is 0.261 e. The Hall–Kier alpha value is -3.44. The number of nitrogens with zero attached hydrogens (tertiary/aromatic N) is 2. The van der Waals surface area contributed by atoms with Gasteiger partial charge in [0.15, 0.2) is 0 Å². The van der Waals surface area contributed by atoms with Gasteiger partial charge in [0.25, 0.3) is 5.91 Å². The number of thiophene rings is 1. The number of imidazole rings is 1. The molecule has 0 fully saturated rings. The molecule has 2 aromatic heterocycles. The van der Waals surface area contributed by atoms with Gasteiger partial charge in [-0.25, -0.2) is 4.98 Å². The van der Waals surface area contributed by atoms with E-state index in [4.69, 9.17) is 4.98 Å². The fraction of sp³-hybridized carbons (Fsp3) is 0.0833. The van der Waals surface area contributed by atoms with Gasteiger partial charge in [-0.3, -0.25) is 4.79 Å². The van der Waals surface area contributed by atoms with Crippen LogP contribution in [-0.2, 0) is 13.1 Å². The van der Waals surface area contributed by atoms with Crippen LogP contribution in [0.5, 0.6) is 0 Å². The van der Waals surface area contributed by atoms with E-state index >= 15 is 0 Å². The summed E-state index contributed by atoms with van der Waals surface area (Å²) in [4.78, 5) is 17.9. The van der Waals surface area contributed by atoms with E-state index < -0.39 is 0 Å². The molecular formula is C24H19N3OS. The van der Waals surface area contributed by atoms with Crippen LogP contribution in [0.1, 0.15) is 21.1 Å². The molecule has 5 aromatic rings. The van der Waals surface area contributed by atoms with Gasteiger partial charge in [-0.1, -0.05) is 54.6 Å². The third-order valence-electron chi connectivity index (χ3n) is 5.04. The first-order valence-corrected chi connectivity index (χ1v) is 10.4. The van der Waals surface area contributed by atoms with Crippen molar-refractivity contribution in [1.82, 2.24) is 14.9 Å². The summed E-state index contributed by atoms with van der Waals surface area (Å²) in [6.07, 6.45) is 0. The van der Waals surface area contributed by atoms with Gasteiger partial charge < -0.3 is 9.88 Å². The number of carbonyl (C=O) groups excluding carboxylic acids is 1. The van der Waals surface area contributed by atoms with E-state index in [-0.39, 0.29) is 5.91 Å². The lowest BCUT2D eigenvalue weighted by atomic mass is 10.1. The summed E-state index contributed by atoms with van der Waals surface area (Å²) >= 11 is 1.44. The molecule has 5 heteroatoms. The lowest BCUT2D eigenvalue weighted by Crippen LogP contribution is -2.24. The molecule has 0 saturated carbocycles. The van der Waals surface area contributed by atoms with Crippen LogP contribution >= 0.6 is 11.3 Å². The van der Waals surface area contributed by atoms with Crippen LogP contribution in [0, 0.1) is 0 Å². The molecule has 142 valence electrons. The van der Waals surface area contributed by atoms with E-state index in [1.807, 2.05) is 35.7 Å². The van der Waals surface area contributed by atoms with Crippen LogP contribution in [-0.4, -0.2) is 15.5 Å². The van der Waals surface area contributed by atoms with Gasteiger partial charge in [0.05, 0.1) is 22.5 Å². The van der Waals surface area contributed by atoms with Gasteiger partial charge >= 0.3 is 0 Å². The van der Waals surface area contributed by atoms with Crippen LogP contribution in [0.25, 0.3) is 21.8 Å². The third-order valence-corrected chi connectivity index (χ3v) is 5.91. The predicted molar refractivity (Wildman–Crippen MR) is 118 cm³/mol. The zero-order valence-electron chi connectivity index (χ0n) is 15.7. The highest BCUT2D eigenvalue weighted by Crippen LogP contribution is 2.21. The van der Waals surface area contributed by atoms with E-state index in [0.29, 0.717) is 18.0 Å². The standard InChI is InChI=1S/C24H19N3OS/c28-24(22-10-5-13-29-22)25-15-23-26-20-8-3-4-9-21(20)27(23)16-17-11-12-18-6-1-2-7-19(18)14-17/h1-14H,15-16H2,(H,25,28). The summed E-state index contributed by atoms with van der Waals surface area (Å²) in [6, 6.07) is 26.7. The average Bonchev–Trinajstić information content (AvgIpc) is 3.41. The van der Waals surface area contributed by atoms with Crippen molar-refractivity contribution in [3.8, 4) is 0 Å². The first kappa shape index (κ1) is 17.6. The second kappa shape index (κ2) is 7.53. The average molecular weight is 398 g/mol. The quantitative estimate of drug-likeness (QED) is 0.441. The molecule has 5 rings (SSSR count). The number of rotatable bonds is 5. The zero-order valence-corrected chi connectivity index (χ0v) is 16.5. The van der Waals surface area contributed by atoms with Crippen LogP contribution in [0.15, 0.2) is 84.2 Å². The van der Waals surface area contributed by atoms with E-state index in [1.54, 1.807) is 0 Å². The van der Waals surface area contributed by atoms with Crippen molar-refractivity contribution in [2.24, 2.45) is 0 Å². The van der Waals surface area contributed by atoms with Crippen molar-refractivity contribution >= 4 is 39.0 Å². The maximum atomic E-state index is 12.4. The minimum absolute atomic E-state index is 0.0655. The molecule has 0 aliphatic carbocycles. The summed E-state index contributed by atoms with van der Waals surface area (Å²) in [7, 11) is 0. The van der Waals surface area contributed by atoms with Crippen LogP contribution in [0.4, 0.5) is 0 Å². The molecule has 1 amide bonds. The monoisotopic (exact) mass is 397 g/mol. The molecule has 0 aliphatic rings. The highest BCUT2D eigenvalue weighted by molar-refractivity contribution is 7.12. The van der Waals surface area contributed by atoms with Crippen molar-refractivity contribution in [2.75, 3.05) is 0 Å². The molecule has 0 spiro atoms. The molecule has 0 radical (unpaired) electrons. The molecule has 0 saturated heterocycles. The summed E-state index contributed by atoms with van der Waals surface area (Å²) in [5.41, 5.74) is 3.22. The number of nitrogens with one attached hydrogen (secondary N) is 1. The number of aromatic nitrogens is 2. The Balaban J connectivity index is 1.47. The molecule has 2 heterocycles. The van der Waals surface area contributed by atoms with E-state index in [2.05, 4.69) is 58.4 Å². The van der Waals surface area contributed by atoms with Crippen molar-refractivity contribution < 1.29 is 4.79 Å². The van der Waals surface area contributed by atoms with E-state index in [1.165, 1.54) is 27.7 Å². The van der Waals surface area contributed by atoms with Crippen molar-refractivity contribution in [3.05, 3.63) is 101 Å². The van der Waals surface area contributed by atoms with Crippen molar-refractivity contribution in [1.29, 1.82) is 0 Å². The summed E-state index contributed by atoms with van der Waals surface area (Å²) in [5.74, 6) is 0.786. The van der Waals surface area contributed by atoms with Gasteiger partial charge in [-0.15, -0.1) is 11.3 Å². The van der Waals surface area contributed by atoms with Gasteiger partial charge in [0.2, 0.25) is 0 Å². The normalized spacial score (nSPS) is 11.2. The fourth-order valence-corrected chi connectivity index (χ4v) is 4.25. The number of benzene rings is 3. The highest BCUT2D eigenvalue weighted by Gasteiger charge is 2.13. The number of carbonyl (C=O) groups is 1. The fourth-order valence-electron chi connectivity index (χ4n) is 3.61. The van der Waals surface area contributed by atoms with E-state index in [9.17, 15) is 4.79 Å². The summed E-state index contributed by atoms with van der Waals surface area (Å²) in [6.45, 7) is 1.09. The molecule has 4 nitrogen and oxygen atoms in total. The topological polar surface area (TPSA) is 46.9 Å². The maximum absolute atomic E-state index is 12.4. The largest absolute Gasteiger partial charge is 0.344 e. The SMILES string of the molecule is O=C(NCc1nc2ccccc2n1Cc1ccc2ccccc2c1)c1cccs1. The van der Waals surface area contributed by atoms with Gasteiger partial charge in [0, 0.05) is 6.54 Å². The second-order valence-corrected chi connectivity index (χ2v) is 7.89. The van der Waals surface area contributed by atoms with Crippen LogP contribution in [0.2, 0.25) is 0 Å². The summed E-state index contributed by atoms with van der Waals surface area (Å²) < 4.78 is 2.19. The molecule has 3 aromatic carbocycles. The Labute approximate surface area is 172 Å². The molecular weight excluding hydrogens is 378 g/mol. The highest BCUT2D eigenvalue weighted by atomic mass is 32.1. The van der Waals surface area contributed by atoms with Gasteiger partial charge in [-0.2, -0.15) is 0 Å². The minimum Gasteiger partial charge on any atom is -0.344 e. The molecule has 29 heavy (non-hydrogen) atoms. The molecule has 0 atom stereocenters. The Morgan fingerprint density at radius 3 is 2.62 bits per heavy atom. The van der Waals surface area contributed by atoms with Crippen molar-refractivity contribution in [3.63, 3.8) is 0 Å². The predicted octanol–water partition coefficient (Wildman–Crippen LogP) is 5.23. The maximum Gasteiger partial charge on any atom is 0.261 e.